The van der Waals surface area contributed by atoms with Crippen LogP contribution in [0.4, 0.5) is 4.39 Å². The lowest BCUT2D eigenvalue weighted by Gasteiger charge is -2.30. The molecule has 5 nitrogen and oxygen atoms in total. The van der Waals surface area contributed by atoms with Gasteiger partial charge < -0.3 is 4.74 Å². The Morgan fingerprint density at radius 2 is 2.18 bits per heavy atom. The molecule has 28 heavy (non-hydrogen) atoms. The van der Waals surface area contributed by atoms with Gasteiger partial charge >= 0.3 is 0 Å². The predicted octanol–water partition coefficient (Wildman–Crippen LogP) is 5.00. The van der Waals surface area contributed by atoms with E-state index in [9.17, 15) is 4.39 Å². The first-order chi connectivity index (χ1) is 13.7. The van der Waals surface area contributed by atoms with E-state index in [1.165, 1.54) is 31.7 Å². The smallest absolute Gasteiger partial charge is 0.191 e. The van der Waals surface area contributed by atoms with Crippen molar-refractivity contribution in [3.63, 3.8) is 0 Å². The summed E-state index contributed by atoms with van der Waals surface area (Å²) in [6.07, 6.45) is 5.76. The van der Waals surface area contributed by atoms with Gasteiger partial charge in [0.05, 0.1) is 6.07 Å². The number of hydrogen-bond acceptors (Lipinski definition) is 5. The van der Waals surface area contributed by atoms with E-state index < -0.39 is 0 Å². The van der Waals surface area contributed by atoms with Crippen molar-refractivity contribution < 1.29 is 9.13 Å². The van der Waals surface area contributed by atoms with Crippen molar-refractivity contribution in [1.82, 2.24) is 14.8 Å². The van der Waals surface area contributed by atoms with Gasteiger partial charge in [-0.1, -0.05) is 30.3 Å². The highest BCUT2D eigenvalue weighted by Crippen LogP contribution is 2.52. The number of thioether (sulfide) groups is 1. The molecule has 1 aromatic carbocycles. The number of hydrogen-bond donors (Lipinski definition) is 0. The minimum Gasteiger partial charge on any atom is -0.483 e. The first-order valence-electron chi connectivity index (χ1n) is 9.98. The maximum Gasteiger partial charge on any atom is 0.191 e. The zero-order valence-corrected chi connectivity index (χ0v) is 16.9. The molecule has 0 spiro atoms. The highest BCUT2D eigenvalue weighted by Gasteiger charge is 2.43. The molecular weight excluding hydrogens is 375 g/mol. The largest absolute Gasteiger partial charge is 0.483 e. The summed E-state index contributed by atoms with van der Waals surface area (Å²) >= 11 is 1.56. The molecule has 0 saturated heterocycles. The number of fused-ring (bicyclic) bond motifs is 2. The van der Waals surface area contributed by atoms with Crippen LogP contribution < -0.4 is 4.74 Å². The van der Waals surface area contributed by atoms with Gasteiger partial charge in [-0.25, -0.2) is 4.39 Å². The van der Waals surface area contributed by atoms with E-state index in [0.29, 0.717) is 18.1 Å². The molecule has 2 bridgehead atoms. The van der Waals surface area contributed by atoms with Gasteiger partial charge in [-0.15, -0.1) is 10.2 Å². The molecule has 2 aliphatic rings. The third-order valence-corrected chi connectivity index (χ3v) is 7.14. The maximum atomic E-state index is 13.9. The molecule has 1 heterocycles. The van der Waals surface area contributed by atoms with Gasteiger partial charge in [0.15, 0.2) is 22.5 Å². The Morgan fingerprint density at radius 3 is 2.89 bits per heavy atom. The fraction of sp³-hybridized carbons (Fsp3) is 0.571. The third-order valence-electron chi connectivity index (χ3n) is 6.19. The summed E-state index contributed by atoms with van der Waals surface area (Å²) in [5.41, 5.74) is 0. The van der Waals surface area contributed by atoms with Crippen molar-refractivity contribution in [3.8, 4) is 11.8 Å². The van der Waals surface area contributed by atoms with Gasteiger partial charge in [-0.3, -0.25) is 4.57 Å². The van der Waals surface area contributed by atoms with Crippen molar-refractivity contribution in [3.05, 3.63) is 35.9 Å². The van der Waals surface area contributed by atoms with E-state index in [2.05, 4.69) is 27.8 Å². The van der Waals surface area contributed by atoms with Gasteiger partial charge in [-0.05, 0) is 56.1 Å². The van der Waals surface area contributed by atoms with E-state index in [4.69, 9.17) is 10.00 Å². The summed E-state index contributed by atoms with van der Waals surface area (Å²) in [6.45, 7) is 2.42. The molecule has 7 heteroatoms. The molecule has 2 saturated carbocycles. The molecule has 2 aromatic rings. The van der Waals surface area contributed by atoms with Crippen molar-refractivity contribution in [2.45, 2.75) is 56.8 Å². The summed E-state index contributed by atoms with van der Waals surface area (Å²) in [4.78, 5) is 0. The Balaban J connectivity index is 1.55. The fourth-order valence-corrected chi connectivity index (χ4v) is 5.77. The average molecular weight is 401 g/mol. The van der Waals surface area contributed by atoms with Crippen LogP contribution in [0.25, 0.3) is 0 Å². The van der Waals surface area contributed by atoms with Crippen LogP contribution in [-0.4, -0.2) is 20.5 Å². The Kier molecular flexibility index (Phi) is 5.86. The Hall–Kier alpha value is -2.07. The standard InChI is InChI=1S/C21H25FN4OS/c1-14(17-12-15-7-8-16(17)11-15)26-20(24-25-21(26)28-10-4-9-23)13-27-19-6-3-2-5-18(19)22/h2-3,5-6,14-17H,4,7-8,10-13H2,1H3. The lowest BCUT2D eigenvalue weighted by Crippen LogP contribution is -2.24. The Bertz CT molecular complexity index is 864. The second-order valence-corrected chi connectivity index (χ2v) is 8.89. The molecule has 148 valence electrons. The van der Waals surface area contributed by atoms with Gasteiger partial charge in [0, 0.05) is 18.2 Å². The molecule has 4 unspecified atom stereocenters. The number of benzene rings is 1. The van der Waals surface area contributed by atoms with Crippen molar-refractivity contribution >= 4 is 11.8 Å². The van der Waals surface area contributed by atoms with Crippen LogP contribution in [0.1, 0.15) is 50.9 Å². The van der Waals surface area contributed by atoms with Crippen LogP contribution in [0.3, 0.4) is 0 Å². The summed E-state index contributed by atoms with van der Waals surface area (Å²) < 4.78 is 21.8. The number of rotatable bonds is 8. The first kappa shape index (κ1) is 19.3. The van der Waals surface area contributed by atoms with Gasteiger partial charge in [0.25, 0.3) is 0 Å². The molecule has 2 aliphatic carbocycles. The molecule has 4 rings (SSSR count). The summed E-state index contributed by atoms with van der Waals surface area (Å²) in [5, 5.41) is 18.4. The second kappa shape index (κ2) is 8.52. The van der Waals surface area contributed by atoms with Gasteiger partial charge in [0.2, 0.25) is 0 Å². The van der Waals surface area contributed by atoms with Crippen LogP contribution in [0.15, 0.2) is 29.4 Å². The molecule has 1 aromatic heterocycles. The molecular formula is C21H25FN4OS. The lowest BCUT2D eigenvalue weighted by molar-refractivity contribution is 0.215. The van der Waals surface area contributed by atoms with E-state index >= 15 is 0 Å². The Morgan fingerprint density at radius 1 is 1.32 bits per heavy atom. The van der Waals surface area contributed by atoms with Gasteiger partial charge in [-0.2, -0.15) is 5.26 Å². The van der Waals surface area contributed by atoms with Crippen LogP contribution in [0.2, 0.25) is 0 Å². The predicted molar refractivity (Wildman–Crippen MR) is 105 cm³/mol. The molecule has 4 atom stereocenters. The van der Waals surface area contributed by atoms with E-state index in [1.807, 2.05) is 0 Å². The fourth-order valence-electron chi connectivity index (χ4n) is 4.88. The highest BCUT2D eigenvalue weighted by atomic mass is 32.2. The second-order valence-electron chi connectivity index (χ2n) is 7.82. The van der Waals surface area contributed by atoms with Crippen molar-refractivity contribution in [2.24, 2.45) is 17.8 Å². The zero-order valence-electron chi connectivity index (χ0n) is 16.1. The first-order valence-corrected chi connectivity index (χ1v) is 11.0. The highest BCUT2D eigenvalue weighted by molar-refractivity contribution is 7.99. The number of ether oxygens (including phenoxy) is 1. The van der Waals surface area contributed by atoms with Crippen molar-refractivity contribution in [1.29, 1.82) is 5.26 Å². The SMILES string of the molecule is CC(C1CC2CCC1C2)n1c(COc2ccccc2F)nnc1SCCC#N. The summed E-state index contributed by atoms with van der Waals surface area (Å²) in [6, 6.07) is 8.86. The Labute approximate surface area is 169 Å². The van der Waals surface area contributed by atoms with Crippen LogP contribution in [0, 0.1) is 34.9 Å². The van der Waals surface area contributed by atoms with E-state index in [1.54, 1.807) is 30.0 Å². The monoisotopic (exact) mass is 400 g/mol. The number of aromatic nitrogens is 3. The number of halogens is 1. The van der Waals surface area contributed by atoms with Crippen LogP contribution in [0.5, 0.6) is 5.75 Å². The average Bonchev–Trinajstić information content (AvgIpc) is 3.43. The zero-order chi connectivity index (χ0) is 19.5. The van der Waals surface area contributed by atoms with Crippen LogP contribution in [-0.2, 0) is 6.61 Å². The number of para-hydroxylation sites is 1. The van der Waals surface area contributed by atoms with Crippen molar-refractivity contribution in [2.75, 3.05) is 5.75 Å². The molecule has 0 radical (unpaired) electrons. The third kappa shape index (κ3) is 3.88. The lowest BCUT2D eigenvalue weighted by atomic mass is 9.84. The normalized spacial score (nSPS) is 24.2. The molecule has 0 N–H and O–H groups in total. The molecule has 0 aliphatic heterocycles. The maximum absolute atomic E-state index is 13.9. The molecule has 2 fully saturated rings. The quantitative estimate of drug-likeness (QED) is 0.461. The van der Waals surface area contributed by atoms with E-state index in [0.717, 1.165) is 22.8 Å². The van der Waals surface area contributed by atoms with Gasteiger partial charge in [0.1, 0.15) is 6.61 Å². The summed E-state index contributed by atoms with van der Waals surface area (Å²) in [7, 11) is 0. The summed E-state index contributed by atoms with van der Waals surface area (Å²) in [5.74, 6) is 3.52. The topological polar surface area (TPSA) is 63.7 Å². The minimum absolute atomic E-state index is 0.178. The number of nitrogens with zero attached hydrogens (tertiary/aromatic N) is 4. The van der Waals surface area contributed by atoms with E-state index in [-0.39, 0.29) is 24.2 Å². The minimum atomic E-state index is -0.377. The molecule has 0 amide bonds. The number of nitriles is 1. The van der Waals surface area contributed by atoms with Crippen LogP contribution >= 0.6 is 11.8 Å².